The topological polar surface area (TPSA) is 31.9 Å². The van der Waals surface area contributed by atoms with E-state index < -0.39 is 5.17 Å². The van der Waals surface area contributed by atoms with Crippen LogP contribution in [0.2, 0.25) is 0 Å². The molecule has 0 aliphatic rings. The van der Waals surface area contributed by atoms with Crippen LogP contribution in [0.1, 0.15) is 20.8 Å². The van der Waals surface area contributed by atoms with E-state index >= 15 is 0 Å². The maximum Gasteiger partial charge on any atom is 0.310 e. The molecule has 0 aliphatic heterocycles. The van der Waals surface area contributed by atoms with E-state index in [1.54, 1.807) is 0 Å². The zero-order chi connectivity index (χ0) is 6.78. The number of thiocarbonyl (C=S) groups is 1. The lowest BCUT2D eigenvalue weighted by atomic mass is 10.1. The van der Waals surface area contributed by atoms with Gasteiger partial charge in [-0.25, -0.2) is 0 Å². The summed E-state index contributed by atoms with van der Waals surface area (Å²) in [5.74, 6) is 0. The zero-order valence-corrected chi connectivity index (χ0v) is 6.13. The average Bonchev–Trinajstić information content (AvgIpc) is 1.21. The van der Waals surface area contributed by atoms with Crippen molar-refractivity contribution in [2.24, 2.45) is 0 Å². The van der Waals surface area contributed by atoms with Crippen molar-refractivity contribution in [3.8, 4) is 0 Å². The first-order chi connectivity index (χ1) is 3.42. The van der Waals surface area contributed by atoms with Crippen LogP contribution in [0.3, 0.4) is 0 Å². The number of hydrogen-bond acceptors (Lipinski definition) is 1. The van der Waals surface area contributed by atoms with Gasteiger partial charge in [0.2, 0.25) is 0 Å². The Morgan fingerprint density at radius 2 is 1.88 bits per heavy atom. The largest absolute Gasteiger partial charge is 0.339 e. The maximum absolute atomic E-state index is 10.2. The highest BCUT2D eigenvalue weighted by Crippen LogP contribution is 1.96. The van der Waals surface area contributed by atoms with E-state index in [4.69, 9.17) is 0 Å². The molecule has 0 saturated carbocycles. The number of rotatable bonds is 0. The summed E-state index contributed by atoms with van der Waals surface area (Å²) in [6.07, 6.45) is 0. The molecule has 0 amide bonds. The van der Waals surface area contributed by atoms with E-state index in [1.165, 1.54) is 0 Å². The van der Waals surface area contributed by atoms with Gasteiger partial charge in [-0.2, -0.15) is 0 Å². The van der Waals surface area contributed by atoms with Crippen molar-refractivity contribution in [3.05, 3.63) is 0 Å². The Balaban J connectivity index is 3.55. The van der Waals surface area contributed by atoms with Gasteiger partial charge in [0.15, 0.2) is 0 Å². The molecule has 0 aromatic carbocycles. The first kappa shape index (κ1) is 7.69. The van der Waals surface area contributed by atoms with Crippen LogP contribution >= 0.6 is 12.2 Å². The van der Waals surface area contributed by atoms with Gasteiger partial charge in [-0.1, -0.05) is 0 Å². The van der Waals surface area contributed by atoms with Gasteiger partial charge in [0, 0.05) is 5.54 Å². The monoisotopic (exact) mass is 132 g/mol. The van der Waals surface area contributed by atoms with Crippen molar-refractivity contribution in [1.29, 1.82) is 0 Å². The molecule has 0 aromatic rings. The molecule has 0 atom stereocenters. The summed E-state index contributed by atoms with van der Waals surface area (Å²) in [5.41, 5.74) is -0.182. The third-order valence-corrected chi connectivity index (χ3v) is 0.579. The molecule has 0 bridgehead atoms. The van der Waals surface area contributed by atoms with Crippen molar-refractivity contribution >= 4 is 17.4 Å². The molecule has 0 rings (SSSR count). The van der Waals surface area contributed by atoms with E-state index in [0.717, 1.165) is 0 Å². The maximum atomic E-state index is 10.2. The first-order valence-electron chi connectivity index (χ1n) is 2.41. The second-order valence-corrected chi connectivity index (χ2v) is 3.03. The molecule has 1 radical (unpaired) electrons. The van der Waals surface area contributed by atoms with Crippen molar-refractivity contribution in [1.82, 2.24) is 5.32 Å². The predicted octanol–water partition coefficient (Wildman–Crippen LogP) is 1.09. The van der Waals surface area contributed by atoms with E-state index in [9.17, 15) is 5.11 Å². The lowest BCUT2D eigenvalue weighted by molar-refractivity contribution is 0.376. The summed E-state index contributed by atoms with van der Waals surface area (Å²) < 4.78 is 0. The van der Waals surface area contributed by atoms with Gasteiger partial charge in [-0.3, -0.25) is 5.11 Å². The van der Waals surface area contributed by atoms with Crippen molar-refractivity contribution < 1.29 is 5.11 Å². The Morgan fingerprint density at radius 3 is 1.88 bits per heavy atom. The second-order valence-electron chi connectivity index (χ2n) is 2.66. The lowest BCUT2D eigenvalue weighted by Crippen LogP contribution is -2.38. The molecule has 1 N–H and O–H groups in total. The summed E-state index contributed by atoms with van der Waals surface area (Å²) in [4.78, 5) is 0. The fourth-order valence-corrected chi connectivity index (χ4v) is 0.612. The molecule has 0 saturated heterocycles. The van der Waals surface area contributed by atoms with Crippen molar-refractivity contribution in [2.45, 2.75) is 26.3 Å². The van der Waals surface area contributed by atoms with Crippen LogP contribution in [0.15, 0.2) is 0 Å². The smallest absolute Gasteiger partial charge is 0.310 e. The van der Waals surface area contributed by atoms with Crippen LogP contribution in [-0.4, -0.2) is 10.7 Å². The van der Waals surface area contributed by atoms with Gasteiger partial charge in [-0.15, -0.1) is 0 Å². The minimum absolute atomic E-state index is 0.182. The third kappa shape index (κ3) is 5.69. The van der Waals surface area contributed by atoms with Crippen molar-refractivity contribution in [2.75, 3.05) is 0 Å². The normalized spacial score (nSPS) is 10.9. The van der Waals surface area contributed by atoms with Crippen molar-refractivity contribution in [3.63, 3.8) is 0 Å². The van der Waals surface area contributed by atoms with E-state index in [-0.39, 0.29) is 5.54 Å². The van der Waals surface area contributed by atoms with Crippen LogP contribution in [0.25, 0.3) is 0 Å². The quantitative estimate of drug-likeness (QED) is 0.500. The van der Waals surface area contributed by atoms with Gasteiger partial charge >= 0.3 is 5.17 Å². The van der Waals surface area contributed by atoms with Crippen LogP contribution in [0.5, 0.6) is 0 Å². The van der Waals surface area contributed by atoms with Gasteiger partial charge in [0.25, 0.3) is 0 Å². The molecule has 3 heteroatoms. The Hall–Kier alpha value is -0.310. The Labute approximate surface area is 54.9 Å². The molecule has 0 unspecified atom stereocenters. The SMILES string of the molecule is CC(C)(C)NC([O])=S. The van der Waals surface area contributed by atoms with Crippen LogP contribution < -0.4 is 5.32 Å². The minimum Gasteiger partial charge on any atom is -0.339 e. The fourth-order valence-electron chi connectivity index (χ4n) is 0.306. The summed E-state index contributed by atoms with van der Waals surface area (Å²) in [5, 5.41) is 12.3. The molecule has 8 heavy (non-hydrogen) atoms. The predicted molar refractivity (Wildman–Crippen MR) is 36.2 cm³/mol. The third-order valence-electron chi connectivity index (χ3n) is 0.477. The van der Waals surface area contributed by atoms with Gasteiger partial charge in [0.1, 0.15) is 0 Å². The summed E-state index contributed by atoms with van der Waals surface area (Å²) in [6.45, 7) is 5.66. The molecule has 47 valence electrons. The summed E-state index contributed by atoms with van der Waals surface area (Å²) in [7, 11) is 0. The fraction of sp³-hybridized carbons (Fsp3) is 0.800. The molecule has 0 aromatic heterocycles. The highest BCUT2D eigenvalue weighted by Gasteiger charge is 2.09. The van der Waals surface area contributed by atoms with Gasteiger partial charge in [0.05, 0.1) is 0 Å². The average molecular weight is 132 g/mol. The molecular formula is C5H10NOS. The van der Waals surface area contributed by atoms with Crippen LogP contribution in [0, 0.1) is 0 Å². The van der Waals surface area contributed by atoms with Crippen LogP contribution in [0.4, 0.5) is 0 Å². The molecule has 0 aliphatic carbocycles. The molecule has 0 spiro atoms. The highest BCUT2D eigenvalue weighted by molar-refractivity contribution is 7.79. The van der Waals surface area contributed by atoms with E-state index in [1.807, 2.05) is 20.8 Å². The molecular weight excluding hydrogens is 122 g/mol. The Bertz CT molecular complexity index is 95.1. The molecule has 0 heterocycles. The second kappa shape index (κ2) is 2.31. The summed E-state index contributed by atoms with van der Waals surface area (Å²) in [6, 6.07) is 0. The zero-order valence-electron chi connectivity index (χ0n) is 5.32. The van der Waals surface area contributed by atoms with E-state index in [0.29, 0.717) is 0 Å². The Morgan fingerprint density at radius 1 is 1.50 bits per heavy atom. The van der Waals surface area contributed by atoms with Crippen LogP contribution in [-0.2, 0) is 5.11 Å². The van der Waals surface area contributed by atoms with E-state index in [2.05, 4.69) is 17.5 Å². The Kier molecular flexibility index (Phi) is 2.22. The highest BCUT2D eigenvalue weighted by atomic mass is 32.1. The van der Waals surface area contributed by atoms with Gasteiger partial charge in [-0.05, 0) is 33.0 Å². The minimum atomic E-state index is -0.391. The lowest BCUT2D eigenvalue weighted by Gasteiger charge is -2.17. The van der Waals surface area contributed by atoms with Gasteiger partial charge < -0.3 is 5.32 Å². The number of nitrogens with one attached hydrogen (secondary N) is 1. The standard InChI is InChI=1S/C5H10NOS/c1-5(2,3)6-4(7)8/h1-3H3,(H,6,8). The molecule has 0 fully saturated rings. The molecule has 2 nitrogen and oxygen atoms in total. The first-order valence-corrected chi connectivity index (χ1v) is 2.82. The number of hydrogen-bond donors (Lipinski definition) is 1. The summed E-state index contributed by atoms with van der Waals surface area (Å²) >= 11 is 4.28.